The van der Waals surface area contributed by atoms with Crippen molar-refractivity contribution in [3.05, 3.63) is 12.2 Å². The van der Waals surface area contributed by atoms with E-state index in [2.05, 4.69) is 11.3 Å². The molecular formula is C7H11NO3. The number of methoxy groups -OCH3 is 1. The van der Waals surface area contributed by atoms with E-state index in [1.165, 1.54) is 7.11 Å². The van der Waals surface area contributed by atoms with E-state index < -0.39 is 0 Å². The number of nitrogens with one attached hydrogen (secondary N) is 1. The predicted molar refractivity (Wildman–Crippen MR) is 39.9 cm³/mol. The third-order valence-electron chi connectivity index (χ3n) is 0.901. The zero-order chi connectivity index (χ0) is 9.28. The van der Waals surface area contributed by atoms with Gasteiger partial charge in [0.1, 0.15) is 0 Å². The van der Waals surface area contributed by atoms with Gasteiger partial charge in [0.25, 0.3) is 0 Å². The Morgan fingerprint density at radius 3 is 2.18 bits per heavy atom. The third-order valence-corrected chi connectivity index (χ3v) is 0.901. The highest BCUT2D eigenvalue weighted by atomic mass is 16.5. The highest BCUT2D eigenvalue weighted by Gasteiger charge is 2.00. The topological polar surface area (TPSA) is 67.2 Å². The first-order valence-electron chi connectivity index (χ1n) is 2.93. The Hall–Kier alpha value is -1.41. The van der Waals surface area contributed by atoms with Gasteiger partial charge in [-0.25, -0.2) is 15.0 Å². The zero-order valence-electron chi connectivity index (χ0n) is 6.64. The summed E-state index contributed by atoms with van der Waals surface area (Å²) in [7, 11) is 1.35. The molecule has 0 bridgehead atoms. The molecule has 4 nitrogen and oxygen atoms in total. The molecule has 0 aromatic rings. The molecule has 0 aliphatic rings. The Kier molecular flexibility index (Phi) is 9.59. The molecule has 11 heavy (non-hydrogen) atoms. The zero-order valence-corrected chi connectivity index (χ0v) is 6.64. The number of carbonyl (C=O) groups is 1. The first-order chi connectivity index (χ1) is 5.13. The van der Waals surface area contributed by atoms with Crippen molar-refractivity contribution in [3.8, 4) is 0 Å². The predicted octanol–water partition coefficient (Wildman–Crippen LogP) is 1.03. The number of isocyanates is 1. The van der Waals surface area contributed by atoms with Crippen molar-refractivity contribution in [1.29, 1.82) is 5.41 Å². The highest BCUT2D eigenvalue weighted by molar-refractivity contribution is 5.87. The Balaban J connectivity index is 0. The summed E-state index contributed by atoms with van der Waals surface area (Å²) in [5.74, 6) is -0.312. The van der Waals surface area contributed by atoms with Gasteiger partial charge in [0, 0.05) is 5.57 Å². The minimum absolute atomic E-state index is 0.312. The lowest BCUT2D eigenvalue weighted by Crippen LogP contribution is -2.01. The summed E-state index contributed by atoms with van der Waals surface area (Å²) in [4.78, 5) is 18.8. The molecule has 0 fully saturated rings. The molecule has 0 heterocycles. The van der Waals surface area contributed by atoms with Crippen molar-refractivity contribution in [1.82, 2.24) is 0 Å². The fraction of sp³-hybridized carbons (Fsp3) is 0.429. The van der Waals surface area contributed by atoms with Gasteiger partial charge in [-0.3, -0.25) is 0 Å². The molecule has 0 radical (unpaired) electrons. The molecule has 1 N–H and O–H groups in total. The minimum Gasteiger partial charge on any atom is -0.466 e. The SMILES string of the molecule is C=C(CC)C(=O)OC.N=C=O. The molecule has 0 atom stereocenters. The molecule has 0 aromatic carbocycles. The first kappa shape index (κ1) is 12.3. The average molecular weight is 157 g/mol. The second kappa shape index (κ2) is 8.59. The fourth-order valence-corrected chi connectivity index (χ4v) is 0.289. The molecule has 0 aliphatic carbocycles. The largest absolute Gasteiger partial charge is 0.466 e. The number of ether oxygens (including phenoxy) is 1. The van der Waals surface area contributed by atoms with Crippen LogP contribution in [-0.4, -0.2) is 19.2 Å². The molecule has 0 aliphatic heterocycles. The molecule has 0 amide bonds. The van der Waals surface area contributed by atoms with Crippen molar-refractivity contribution in [2.45, 2.75) is 13.3 Å². The van der Waals surface area contributed by atoms with Crippen LogP contribution in [0, 0.1) is 5.41 Å². The summed E-state index contributed by atoms with van der Waals surface area (Å²) in [5.41, 5.74) is 0.521. The number of hydrogen-bond acceptors (Lipinski definition) is 4. The maximum Gasteiger partial charge on any atom is 0.333 e. The van der Waals surface area contributed by atoms with E-state index in [-0.39, 0.29) is 5.97 Å². The van der Waals surface area contributed by atoms with Gasteiger partial charge in [0.15, 0.2) is 0 Å². The highest BCUT2D eigenvalue weighted by Crippen LogP contribution is 1.96. The molecule has 0 aromatic heterocycles. The first-order valence-corrected chi connectivity index (χ1v) is 2.93. The van der Waals surface area contributed by atoms with Crippen LogP contribution in [0.5, 0.6) is 0 Å². The van der Waals surface area contributed by atoms with E-state index in [9.17, 15) is 4.79 Å². The van der Waals surface area contributed by atoms with Gasteiger partial charge < -0.3 is 4.74 Å². The fourth-order valence-electron chi connectivity index (χ4n) is 0.289. The molecule has 0 rings (SSSR count). The number of carbonyl (C=O) groups excluding carboxylic acids is 2. The smallest absolute Gasteiger partial charge is 0.333 e. The number of rotatable bonds is 2. The van der Waals surface area contributed by atoms with Crippen LogP contribution in [0.25, 0.3) is 0 Å². The number of hydrogen-bond donors (Lipinski definition) is 1. The van der Waals surface area contributed by atoms with Crippen molar-refractivity contribution in [2.24, 2.45) is 0 Å². The van der Waals surface area contributed by atoms with Crippen LogP contribution in [0.2, 0.25) is 0 Å². The summed E-state index contributed by atoms with van der Waals surface area (Å²) in [6.45, 7) is 5.33. The number of esters is 1. The van der Waals surface area contributed by atoms with E-state index in [1.807, 2.05) is 6.92 Å². The molecule has 62 valence electrons. The minimum atomic E-state index is -0.312. The van der Waals surface area contributed by atoms with Crippen LogP contribution in [-0.2, 0) is 14.3 Å². The van der Waals surface area contributed by atoms with Crippen LogP contribution in [0.4, 0.5) is 0 Å². The third kappa shape index (κ3) is 8.59. The van der Waals surface area contributed by atoms with Crippen molar-refractivity contribution in [2.75, 3.05) is 7.11 Å². The normalized spacial score (nSPS) is 6.73. The Morgan fingerprint density at radius 2 is 2.09 bits per heavy atom. The molecule has 0 saturated heterocycles. The molecule has 0 spiro atoms. The molecule has 0 saturated carbocycles. The molecule has 0 unspecified atom stereocenters. The van der Waals surface area contributed by atoms with E-state index >= 15 is 0 Å². The second-order valence-corrected chi connectivity index (χ2v) is 1.55. The Morgan fingerprint density at radius 1 is 1.73 bits per heavy atom. The quantitative estimate of drug-likeness (QED) is 0.281. The average Bonchev–Trinajstić information content (AvgIpc) is 2.03. The van der Waals surface area contributed by atoms with Crippen molar-refractivity contribution >= 4 is 12.0 Å². The lowest BCUT2D eigenvalue weighted by molar-refractivity contribution is -0.136. The van der Waals surface area contributed by atoms with Crippen molar-refractivity contribution in [3.63, 3.8) is 0 Å². The lowest BCUT2D eigenvalue weighted by atomic mass is 10.2. The van der Waals surface area contributed by atoms with Crippen molar-refractivity contribution < 1.29 is 14.3 Å². The monoisotopic (exact) mass is 157 g/mol. The van der Waals surface area contributed by atoms with Crippen LogP contribution in [0.3, 0.4) is 0 Å². The summed E-state index contributed by atoms with van der Waals surface area (Å²) in [5, 5.41) is 5.40. The van der Waals surface area contributed by atoms with Gasteiger partial charge in [0.2, 0.25) is 6.08 Å². The molecule has 4 heteroatoms. The van der Waals surface area contributed by atoms with Crippen LogP contribution >= 0.6 is 0 Å². The summed E-state index contributed by atoms with van der Waals surface area (Å²) in [6, 6.07) is 0. The standard InChI is InChI=1S/C6H10O2.CHNO/c1-4-5(2)6(7)8-3;2-1-3/h2,4H2,1,3H3;2H. The van der Waals surface area contributed by atoms with Gasteiger partial charge in [0.05, 0.1) is 7.11 Å². The molecular weight excluding hydrogens is 146 g/mol. The van der Waals surface area contributed by atoms with E-state index in [4.69, 9.17) is 10.2 Å². The van der Waals surface area contributed by atoms with Crippen LogP contribution in [0.15, 0.2) is 12.2 Å². The van der Waals surface area contributed by atoms with Gasteiger partial charge in [-0.15, -0.1) is 0 Å². The van der Waals surface area contributed by atoms with Gasteiger partial charge in [-0.2, -0.15) is 0 Å². The maximum atomic E-state index is 10.4. The van der Waals surface area contributed by atoms with Gasteiger partial charge >= 0.3 is 5.97 Å². The van der Waals surface area contributed by atoms with E-state index in [0.29, 0.717) is 12.0 Å². The van der Waals surface area contributed by atoms with Crippen LogP contribution in [0.1, 0.15) is 13.3 Å². The summed E-state index contributed by atoms with van der Waals surface area (Å²) >= 11 is 0. The lowest BCUT2D eigenvalue weighted by Gasteiger charge is -1.95. The Labute approximate surface area is 65.4 Å². The van der Waals surface area contributed by atoms with E-state index in [1.54, 1.807) is 0 Å². The van der Waals surface area contributed by atoms with Gasteiger partial charge in [-0.05, 0) is 6.42 Å². The maximum absolute atomic E-state index is 10.4. The summed E-state index contributed by atoms with van der Waals surface area (Å²) in [6.07, 6.45) is 1.41. The Bertz CT molecular complexity index is 155. The van der Waals surface area contributed by atoms with Crippen LogP contribution < -0.4 is 0 Å². The van der Waals surface area contributed by atoms with E-state index in [0.717, 1.165) is 6.08 Å². The van der Waals surface area contributed by atoms with Gasteiger partial charge in [-0.1, -0.05) is 13.5 Å². The second-order valence-electron chi connectivity index (χ2n) is 1.55. The summed E-state index contributed by atoms with van der Waals surface area (Å²) < 4.78 is 4.36.